The lowest BCUT2D eigenvalue weighted by Crippen LogP contribution is -2.42. The molecular weight excluding hydrogens is 956 g/mol. The first-order chi connectivity index (χ1) is 34.1. The van der Waals surface area contributed by atoms with Crippen molar-refractivity contribution in [1.82, 2.24) is 21.0 Å². The maximum atomic E-state index is 12.5. The Morgan fingerprint density at radius 1 is 0.629 bits per heavy atom. The van der Waals surface area contributed by atoms with Crippen LogP contribution in [0.2, 0.25) is 0 Å². The Hall–Kier alpha value is -4.57. The largest absolute Gasteiger partial charge is 0.494 e. The predicted molar refractivity (Wildman–Crippen MR) is 263 cm³/mol. The van der Waals surface area contributed by atoms with Crippen molar-refractivity contribution in [2.75, 3.05) is 84.1 Å². The molecule has 4 atom stereocenters. The zero-order valence-corrected chi connectivity index (χ0v) is 42.1. The zero-order valence-electron chi connectivity index (χ0n) is 41.1. The van der Waals surface area contributed by atoms with Crippen molar-refractivity contribution in [3.05, 3.63) is 29.8 Å². The Bertz CT molecular complexity index is 1750. The van der Waals surface area contributed by atoms with Crippen LogP contribution in [0, 0.1) is 5.92 Å². The van der Waals surface area contributed by atoms with Crippen LogP contribution in [0.5, 0.6) is 5.75 Å². The molecule has 0 heterocycles. The quantitative estimate of drug-likeness (QED) is 0.0279. The number of thioether (sulfide) groups is 1. The fraction of sp³-hybridized carbons (Fsp3) is 0.681. The number of aldehydes is 1. The van der Waals surface area contributed by atoms with Crippen molar-refractivity contribution in [3.8, 4) is 5.75 Å². The number of rotatable bonds is 48. The maximum Gasteiger partial charge on any atom is 0.335 e. The van der Waals surface area contributed by atoms with Gasteiger partial charge in [-0.25, -0.2) is 9.59 Å². The average molecular weight is 1030 g/mol. The van der Waals surface area contributed by atoms with Gasteiger partial charge >= 0.3 is 17.9 Å². The Balaban J connectivity index is 1.97. The normalized spacial score (nSPS) is 12.5. The van der Waals surface area contributed by atoms with E-state index >= 15 is 0 Å². The second-order valence-electron chi connectivity index (χ2n) is 16.2. The van der Waals surface area contributed by atoms with E-state index in [-0.39, 0.29) is 126 Å². The number of carbonyl (C=O) groups excluding carboxylic acids is 6. The molecule has 7 N–H and O–H groups in total. The second-order valence-corrected chi connectivity index (χ2v) is 17.6. The Morgan fingerprint density at radius 3 is 1.83 bits per heavy atom. The van der Waals surface area contributed by atoms with Gasteiger partial charge in [-0.15, -0.1) is 11.8 Å². The van der Waals surface area contributed by atoms with Crippen molar-refractivity contribution in [2.24, 2.45) is 5.92 Å². The van der Waals surface area contributed by atoms with Crippen LogP contribution in [0.4, 0.5) is 0 Å². The van der Waals surface area contributed by atoms with E-state index in [1.165, 1.54) is 12.1 Å². The van der Waals surface area contributed by atoms with Crippen LogP contribution >= 0.6 is 21.2 Å². The molecule has 0 aromatic heterocycles. The van der Waals surface area contributed by atoms with E-state index in [0.717, 1.165) is 63.1 Å². The molecule has 0 aliphatic heterocycles. The molecule has 0 spiro atoms. The number of Topliss-reactive ketones (excluding diaryl/α,β-unsaturated/α-hetero) is 2. The molecule has 1 aromatic carbocycles. The Labute approximate surface area is 418 Å². The van der Waals surface area contributed by atoms with Crippen molar-refractivity contribution in [1.29, 1.82) is 0 Å². The molecule has 1 unspecified atom stereocenters. The highest BCUT2D eigenvalue weighted by molar-refractivity contribution is 8.00. The van der Waals surface area contributed by atoms with Crippen molar-refractivity contribution >= 4 is 74.6 Å². The molecular formula is C47H75N4O17PS. The van der Waals surface area contributed by atoms with Crippen LogP contribution < -0.4 is 25.8 Å². The summed E-state index contributed by atoms with van der Waals surface area (Å²) in [5, 5.41) is 38.3. The second kappa shape index (κ2) is 42.1. The molecule has 0 aliphatic carbocycles. The van der Waals surface area contributed by atoms with Gasteiger partial charge in [0.15, 0.2) is 5.78 Å². The molecule has 70 heavy (non-hydrogen) atoms. The summed E-state index contributed by atoms with van der Waals surface area (Å²) in [7, 11) is 2.14. The van der Waals surface area contributed by atoms with Gasteiger partial charge in [0.25, 0.3) is 0 Å². The van der Waals surface area contributed by atoms with Crippen molar-refractivity contribution in [3.63, 3.8) is 0 Å². The monoisotopic (exact) mass is 1030 g/mol. The lowest BCUT2D eigenvalue weighted by atomic mass is 9.94. The molecule has 1 rings (SSSR count). The van der Waals surface area contributed by atoms with Crippen LogP contribution in [-0.2, 0) is 57.3 Å². The van der Waals surface area contributed by atoms with E-state index in [1.807, 2.05) is 0 Å². The molecule has 0 saturated heterocycles. The van der Waals surface area contributed by atoms with Crippen LogP contribution in [0.1, 0.15) is 114 Å². The van der Waals surface area contributed by atoms with E-state index in [9.17, 15) is 53.4 Å². The molecule has 0 saturated carbocycles. The van der Waals surface area contributed by atoms with E-state index in [2.05, 4.69) is 30.4 Å². The number of benzene rings is 1. The summed E-state index contributed by atoms with van der Waals surface area (Å²) in [5.74, 6) is -5.12. The standard InChI is InChI=1S/C47H75N4O17PS/c52-29-37(51-69)33-70-34-44(57)50-41(47(62)63)13-9-10-20-48-43(56)32-67-27-26-66-31-39(54)30-65-25-24-64-23-21-49-42(55)19-16-36(46(60)61)28-38(53)12-8-6-4-2-1-3-5-7-11-22-68-40-17-14-35(15-18-40)45(58)59/h14-15,17-18,29,36-37,41,51H,1-13,16,19-28,30-34,69H2,(H,48,56)(H,49,55)(H,50,57)(H,58,59)(H,60,61)(H,62,63)/t36-,37-,41+/m1/s1/i29T. The number of amides is 3. The first kappa shape index (κ1) is 61.5. The van der Waals surface area contributed by atoms with Crippen LogP contribution in [-0.4, -0.2) is 165 Å². The minimum Gasteiger partial charge on any atom is -0.494 e. The summed E-state index contributed by atoms with van der Waals surface area (Å²) in [6, 6.07) is 4.49. The van der Waals surface area contributed by atoms with E-state index < -0.39 is 54.0 Å². The molecule has 0 bridgehead atoms. The van der Waals surface area contributed by atoms with E-state index in [0.29, 0.717) is 38.0 Å². The summed E-state index contributed by atoms with van der Waals surface area (Å²) in [6.07, 6.45) is 9.36. The average Bonchev–Trinajstić information content (AvgIpc) is 3.33. The number of carboxylic acid groups (broad SMARTS) is 3. The molecule has 3 amide bonds. The highest BCUT2D eigenvalue weighted by atomic mass is 32.2. The van der Waals surface area contributed by atoms with Crippen LogP contribution in [0.25, 0.3) is 0 Å². The van der Waals surface area contributed by atoms with E-state index in [1.54, 1.807) is 12.1 Å². The maximum absolute atomic E-state index is 12.5. The fourth-order valence-electron chi connectivity index (χ4n) is 6.44. The lowest BCUT2D eigenvalue weighted by molar-refractivity contribution is -0.144. The third-order valence-electron chi connectivity index (χ3n) is 10.3. The van der Waals surface area contributed by atoms with Gasteiger partial charge in [-0.05, 0) is 62.8 Å². The van der Waals surface area contributed by atoms with Gasteiger partial charge in [0.1, 0.15) is 45.0 Å². The topological polar surface area (TPSA) is 309 Å². The number of hydrogen-bond acceptors (Lipinski definition) is 16. The van der Waals surface area contributed by atoms with Crippen LogP contribution in [0.3, 0.4) is 0 Å². The number of hydrogen-bond donors (Lipinski definition) is 7. The van der Waals surface area contributed by atoms with E-state index in [4.69, 9.17) is 30.2 Å². The number of carboxylic acids is 3. The predicted octanol–water partition coefficient (Wildman–Crippen LogP) is 3.39. The molecule has 0 aliphatic rings. The van der Waals surface area contributed by atoms with Crippen LogP contribution in [0.15, 0.2) is 24.3 Å². The fourth-order valence-corrected chi connectivity index (χ4v) is 7.58. The first-order valence-corrected chi connectivity index (χ1v) is 25.5. The highest BCUT2D eigenvalue weighted by Crippen LogP contribution is 2.17. The summed E-state index contributed by atoms with van der Waals surface area (Å²) in [6.45, 7) is 0.924. The number of ketones is 2. The molecule has 1 aromatic rings. The molecule has 0 fully saturated rings. The molecule has 0 radical (unpaired) electrons. The van der Waals surface area contributed by atoms with Crippen molar-refractivity contribution in [2.45, 2.75) is 115 Å². The van der Waals surface area contributed by atoms with Gasteiger partial charge in [0.2, 0.25) is 17.7 Å². The first-order valence-electron chi connectivity index (χ1n) is 24.3. The van der Waals surface area contributed by atoms with Gasteiger partial charge in [0.05, 0.1) is 62.9 Å². The number of ether oxygens (including phenoxy) is 5. The number of nitrogens with one attached hydrogen (secondary N) is 4. The van der Waals surface area contributed by atoms with Gasteiger partial charge in [0, 0.05) is 38.1 Å². The number of carbonyl (C=O) groups is 9. The molecule has 396 valence electrons. The Kier molecular flexibility index (Phi) is 37.1. The smallest absolute Gasteiger partial charge is 0.335 e. The van der Waals surface area contributed by atoms with Gasteiger partial charge in [-0.3, -0.25) is 33.9 Å². The summed E-state index contributed by atoms with van der Waals surface area (Å²) in [5.41, 5.74) is 0.225. The lowest BCUT2D eigenvalue weighted by Gasteiger charge is -2.15. The highest BCUT2D eigenvalue weighted by Gasteiger charge is 2.22. The number of aromatic carboxylic acids is 1. The van der Waals surface area contributed by atoms with Crippen molar-refractivity contribution < 1.29 is 83.5 Å². The minimum atomic E-state index is -1.19. The minimum absolute atomic E-state index is 0.0408. The number of unbranched alkanes of at least 4 members (excludes halogenated alkanes) is 9. The SMILES string of the molecule is [3H]C(=O)[C@H](CSCC(=O)N[C@@H](CCCCNC(=O)COCCOCC(=O)COCCOCCNC(=O)CC[C@H](CC(=O)CCCCCCCCCCCOc1ccc(C(=O)O)cc1)C(=O)O)C(=O)O)NP. The number of aliphatic carboxylic acids is 2. The summed E-state index contributed by atoms with van der Waals surface area (Å²) >= 11 is 1.09. The van der Waals surface area contributed by atoms with Gasteiger partial charge in [-0.2, -0.15) is 0 Å². The zero-order chi connectivity index (χ0) is 52.5. The third kappa shape index (κ3) is 35.5. The summed E-state index contributed by atoms with van der Waals surface area (Å²) in [4.78, 5) is 106. The molecule has 21 nitrogen and oxygen atoms in total. The third-order valence-corrected chi connectivity index (χ3v) is 11.8. The summed E-state index contributed by atoms with van der Waals surface area (Å²) < 4.78 is 33.9. The molecule has 23 heteroatoms. The van der Waals surface area contributed by atoms with Gasteiger partial charge < -0.3 is 59.7 Å². The van der Waals surface area contributed by atoms with Gasteiger partial charge in [-0.1, -0.05) is 54.3 Å². The Morgan fingerprint density at radius 2 is 1.23 bits per heavy atom.